The van der Waals surface area contributed by atoms with Crippen LogP contribution in [-0.4, -0.2) is 35.7 Å². The minimum atomic E-state index is -0.215. The summed E-state index contributed by atoms with van der Waals surface area (Å²) in [6.07, 6.45) is 1.75. The van der Waals surface area contributed by atoms with Gasteiger partial charge in [0.1, 0.15) is 11.9 Å². The zero-order valence-electron chi connectivity index (χ0n) is 13.4. The molecule has 2 amide bonds. The maximum absolute atomic E-state index is 12.1. The van der Waals surface area contributed by atoms with Crippen LogP contribution in [0.4, 0.5) is 4.79 Å². The van der Waals surface area contributed by atoms with Crippen LogP contribution in [0.1, 0.15) is 39.2 Å². The number of piperidine rings is 1. The number of benzene rings is 1. The van der Waals surface area contributed by atoms with Crippen molar-refractivity contribution in [2.45, 2.75) is 45.3 Å². The van der Waals surface area contributed by atoms with Crippen molar-refractivity contribution in [1.29, 1.82) is 5.26 Å². The third-order valence-electron chi connectivity index (χ3n) is 3.50. The van der Waals surface area contributed by atoms with Crippen LogP contribution in [0.15, 0.2) is 24.3 Å². The standard InChI is InChI=1S/C17H23N3O2/c1-17(2,3)19-16(21)20-10-8-15(9-11-20)22-14-6-4-13(12-18)5-7-14/h4-7,15H,8-11H2,1-3H3,(H,19,21). The van der Waals surface area contributed by atoms with E-state index in [9.17, 15) is 4.79 Å². The Bertz CT molecular complexity index is 547. The number of nitrogens with zero attached hydrogens (tertiary/aromatic N) is 2. The average Bonchev–Trinajstić information content (AvgIpc) is 2.47. The first-order valence-corrected chi connectivity index (χ1v) is 7.61. The summed E-state index contributed by atoms with van der Waals surface area (Å²) < 4.78 is 5.92. The van der Waals surface area contributed by atoms with E-state index in [-0.39, 0.29) is 17.7 Å². The van der Waals surface area contributed by atoms with Crippen molar-refractivity contribution in [2.75, 3.05) is 13.1 Å². The van der Waals surface area contributed by atoms with Crippen LogP contribution in [0.25, 0.3) is 0 Å². The smallest absolute Gasteiger partial charge is 0.317 e. The van der Waals surface area contributed by atoms with E-state index in [0.29, 0.717) is 18.7 Å². The molecule has 1 aromatic carbocycles. The lowest BCUT2D eigenvalue weighted by Gasteiger charge is -2.34. The van der Waals surface area contributed by atoms with Crippen molar-refractivity contribution in [1.82, 2.24) is 10.2 Å². The molecular weight excluding hydrogens is 278 g/mol. The Kier molecular flexibility index (Phi) is 4.92. The topological polar surface area (TPSA) is 65.4 Å². The summed E-state index contributed by atoms with van der Waals surface area (Å²) in [5.74, 6) is 0.775. The molecule has 0 aromatic heterocycles. The second-order valence-corrected chi connectivity index (χ2v) is 6.62. The molecule has 22 heavy (non-hydrogen) atoms. The Labute approximate surface area is 131 Å². The molecule has 1 aromatic rings. The van der Waals surface area contributed by atoms with E-state index in [4.69, 9.17) is 10.00 Å². The highest BCUT2D eigenvalue weighted by atomic mass is 16.5. The lowest BCUT2D eigenvalue weighted by atomic mass is 10.1. The minimum Gasteiger partial charge on any atom is -0.490 e. The van der Waals surface area contributed by atoms with Gasteiger partial charge in [0.05, 0.1) is 11.6 Å². The Balaban J connectivity index is 1.82. The lowest BCUT2D eigenvalue weighted by Crippen LogP contribution is -2.51. The van der Waals surface area contributed by atoms with E-state index in [1.54, 1.807) is 12.1 Å². The summed E-state index contributed by atoms with van der Waals surface area (Å²) in [7, 11) is 0. The van der Waals surface area contributed by atoms with Gasteiger partial charge < -0.3 is 15.0 Å². The van der Waals surface area contributed by atoms with Crippen LogP contribution in [0.2, 0.25) is 0 Å². The van der Waals surface area contributed by atoms with Crippen LogP contribution in [0.3, 0.4) is 0 Å². The van der Waals surface area contributed by atoms with E-state index < -0.39 is 0 Å². The van der Waals surface area contributed by atoms with Gasteiger partial charge in [0.25, 0.3) is 0 Å². The first-order valence-electron chi connectivity index (χ1n) is 7.61. The number of carbonyl (C=O) groups excluding carboxylic acids is 1. The normalized spacial score (nSPS) is 16.0. The molecule has 1 aliphatic heterocycles. The van der Waals surface area contributed by atoms with Gasteiger partial charge in [-0.05, 0) is 45.0 Å². The number of hydrogen-bond donors (Lipinski definition) is 1. The number of ether oxygens (including phenoxy) is 1. The van der Waals surface area contributed by atoms with Crippen LogP contribution < -0.4 is 10.1 Å². The molecule has 1 saturated heterocycles. The monoisotopic (exact) mass is 301 g/mol. The summed E-state index contributed by atoms with van der Waals surface area (Å²) in [5.41, 5.74) is 0.411. The van der Waals surface area contributed by atoms with Crippen LogP contribution in [0, 0.1) is 11.3 Å². The van der Waals surface area contributed by atoms with Crippen molar-refractivity contribution in [3.05, 3.63) is 29.8 Å². The first kappa shape index (κ1) is 16.2. The Morgan fingerprint density at radius 2 is 1.86 bits per heavy atom. The molecule has 0 bridgehead atoms. The summed E-state index contributed by atoms with van der Waals surface area (Å²) in [6.45, 7) is 7.33. The quantitative estimate of drug-likeness (QED) is 0.913. The molecule has 1 fully saturated rings. The third kappa shape index (κ3) is 4.66. The maximum atomic E-state index is 12.1. The van der Waals surface area contributed by atoms with Gasteiger partial charge in [-0.2, -0.15) is 5.26 Å². The minimum absolute atomic E-state index is 0.00989. The number of hydrogen-bond acceptors (Lipinski definition) is 3. The SMILES string of the molecule is CC(C)(C)NC(=O)N1CCC(Oc2ccc(C#N)cc2)CC1. The summed E-state index contributed by atoms with van der Waals surface area (Å²) in [6, 6.07) is 9.21. The van der Waals surface area contributed by atoms with Crippen molar-refractivity contribution < 1.29 is 9.53 Å². The van der Waals surface area contributed by atoms with Crippen LogP contribution in [-0.2, 0) is 0 Å². The van der Waals surface area contributed by atoms with Gasteiger partial charge in [-0.15, -0.1) is 0 Å². The molecule has 1 heterocycles. The van der Waals surface area contributed by atoms with Gasteiger partial charge in [-0.1, -0.05) is 0 Å². The van der Waals surface area contributed by atoms with E-state index >= 15 is 0 Å². The molecule has 0 saturated carbocycles. The number of likely N-dealkylation sites (tertiary alicyclic amines) is 1. The molecule has 0 unspecified atom stereocenters. The fraction of sp³-hybridized carbons (Fsp3) is 0.529. The van der Waals surface area contributed by atoms with Crippen LogP contribution >= 0.6 is 0 Å². The van der Waals surface area contributed by atoms with Crippen molar-refractivity contribution in [3.8, 4) is 11.8 Å². The van der Waals surface area contributed by atoms with E-state index in [1.807, 2.05) is 37.8 Å². The molecule has 0 spiro atoms. The third-order valence-corrected chi connectivity index (χ3v) is 3.50. The van der Waals surface area contributed by atoms with Gasteiger partial charge in [-0.3, -0.25) is 0 Å². The van der Waals surface area contributed by atoms with Crippen molar-refractivity contribution >= 4 is 6.03 Å². The predicted octanol–water partition coefficient (Wildman–Crippen LogP) is 2.91. The lowest BCUT2D eigenvalue weighted by molar-refractivity contribution is 0.108. The Hall–Kier alpha value is -2.22. The molecule has 1 aliphatic rings. The molecule has 2 rings (SSSR count). The molecular formula is C17H23N3O2. The van der Waals surface area contributed by atoms with E-state index in [1.165, 1.54) is 0 Å². The summed E-state index contributed by atoms with van der Waals surface area (Å²) in [5, 5.41) is 11.8. The largest absolute Gasteiger partial charge is 0.490 e. The van der Waals surface area contributed by atoms with Gasteiger partial charge in [0.2, 0.25) is 0 Å². The van der Waals surface area contributed by atoms with Crippen molar-refractivity contribution in [2.24, 2.45) is 0 Å². The molecule has 0 aliphatic carbocycles. The number of urea groups is 1. The van der Waals surface area contributed by atoms with Crippen molar-refractivity contribution in [3.63, 3.8) is 0 Å². The second kappa shape index (κ2) is 6.69. The number of nitriles is 1. The predicted molar refractivity (Wildman–Crippen MR) is 84.7 cm³/mol. The zero-order chi connectivity index (χ0) is 16.2. The first-order chi connectivity index (χ1) is 10.4. The summed E-state index contributed by atoms with van der Waals surface area (Å²) in [4.78, 5) is 13.9. The fourth-order valence-corrected chi connectivity index (χ4v) is 2.38. The highest BCUT2D eigenvalue weighted by Crippen LogP contribution is 2.19. The fourth-order valence-electron chi connectivity index (χ4n) is 2.38. The molecule has 1 N–H and O–H groups in total. The van der Waals surface area contributed by atoms with Gasteiger partial charge in [0, 0.05) is 31.5 Å². The number of carbonyl (C=O) groups is 1. The van der Waals surface area contributed by atoms with Crippen LogP contribution in [0.5, 0.6) is 5.75 Å². The molecule has 118 valence electrons. The van der Waals surface area contributed by atoms with Gasteiger partial charge in [0.15, 0.2) is 0 Å². The molecule has 0 radical (unpaired) electrons. The molecule has 5 nitrogen and oxygen atoms in total. The molecule has 5 heteroatoms. The second-order valence-electron chi connectivity index (χ2n) is 6.62. The Morgan fingerprint density at radius 3 is 2.36 bits per heavy atom. The maximum Gasteiger partial charge on any atom is 0.317 e. The highest BCUT2D eigenvalue weighted by Gasteiger charge is 2.25. The Morgan fingerprint density at radius 1 is 1.27 bits per heavy atom. The zero-order valence-corrected chi connectivity index (χ0v) is 13.4. The summed E-state index contributed by atoms with van der Waals surface area (Å²) >= 11 is 0. The van der Waals surface area contributed by atoms with E-state index in [2.05, 4.69) is 11.4 Å². The number of rotatable bonds is 2. The van der Waals surface area contributed by atoms with E-state index in [0.717, 1.165) is 18.6 Å². The highest BCUT2D eigenvalue weighted by molar-refractivity contribution is 5.75. The average molecular weight is 301 g/mol. The van der Waals surface area contributed by atoms with Gasteiger partial charge >= 0.3 is 6.03 Å². The molecule has 0 atom stereocenters. The van der Waals surface area contributed by atoms with Gasteiger partial charge in [-0.25, -0.2) is 4.79 Å². The number of nitrogens with one attached hydrogen (secondary N) is 1. The number of amides is 2.